The molecule has 0 aliphatic rings. The van der Waals surface area contributed by atoms with E-state index in [2.05, 4.69) is 16.8 Å². The smallest absolute Gasteiger partial charge is 0.128 e. The van der Waals surface area contributed by atoms with Crippen LogP contribution in [0.15, 0.2) is 61.2 Å². The Morgan fingerprint density at radius 2 is 1.85 bits per heavy atom. The van der Waals surface area contributed by atoms with E-state index in [1.807, 2.05) is 56.4 Å². The summed E-state index contributed by atoms with van der Waals surface area (Å²) in [5.74, 6) is 0.175. The Morgan fingerprint density at radius 1 is 1.22 bits per heavy atom. The number of methoxy groups -OCH3 is 1. The van der Waals surface area contributed by atoms with Crippen molar-refractivity contribution in [3.8, 4) is 5.75 Å². The highest BCUT2D eigenvalue weighted by molar-refractivity contribution is 5.66. The zero-order valence-corrected chi connectivity index (χ0v) is 15.9. The molecule has 0 aliphatic heterocycles. The summed E-state index contributed by atoms with van der Waals surface area (Å²) in [4.78, 5) is 2.08. The molecule has 0 bridgehead atoms. The molecule has 1 atom stereocenters. The number of benzene rings is 2. The molecular weight excluding hydrogens is 341 g/mol. The number of hydrogen-bond acceptors (Lipinski definition) is 4. The molecule has 2 aromatic carbocycles. The van der Waals surface area contributed by atoms with Crippen molar-refractivity contribution in [1.29, 1.82) is 0 Å². The zero-order valence-electron chi connectivity index (χ0n) is 15.9. The number of para-hydroxylation sites is 1. The second kappa shape index (κ2) is 13.8. The summed E-state index contributed by atoms with van der Waals surface area (Å²) in [5, 5.41) is 3.15. The van der Waals surface area contributed by atoms with Crippen molar-refractivity contribution >= 4 is 11.4 Å². The monoisotopic (exact) mass is 375 g/mol. The Balaban J connectivity index is 0.00000158. The quantitative estimate of drug-likeness (QED) is 0.655. The van der Waals surface area contributed by atoms with E-state index < -0.39 is 0 Å². The number of nitrogens with two attached hydrogens (primary N) is 1. The molecule has 2 rings (SSSR count). The summed E-state index contributed by atoms with van der Waals surface area (Å²) in [6.45, 7) is 7.45. The van der Waals surface area contributed by atoms with Crippen LogP contribution in [0.4, 0.5) is 15.8 Å². The van der Waals surface area contributed by atoms with Crippen LogP contribution in [0.5, 0.6) is 5.75 Å². The number of rotatable bonds is 8. The van der Waals surface area contributed by atoms with E-state index in [9.17, 15) is 4.39 Å². The van der Waals surface area contributed by atoms with Gasteiger partial charge in [-0.1, -0.05) is 38.6 Å². The van der Waals surface area contributed by atoms with Crippen molar-refractivity contribution in [2.45, 2.75) is 26.8 Å². The molecule has 3 N–H and O–H groups in total. The maximum absolute atomic E-state index is 14.0. The summed E-state index contributed by atoms with van der Waals surface area (Å²) >= 11 is 0. The highest BCUT2D eigenvalue weighted by Gasteiger charge is 2.19. The molecule has 0 aromatic heterocycles. The first-order chi connectivity index (χ1) is 12.6. The zero-order chi connectivity index (χ0) is 19.4. The van der Waals surface area contributed by atoms with Crippen LogP contribution >= 0.6 is 0 Å². The summed E-state index contributed by atoms with van der Waals surface area (Å²) in [6.07, 6.45) is 2.75. The summed E-state index contributed by atoms with van der Waals surface area (Å²) in [7, 11) is 3.45. The second-order valence-electron chi connectivity index (χ2n) is 5.66. The van der Waals surface area contributed by atoms with Gasteiger partial charge in [-0.3, -0.25) is 0 Å². The van der Waals surface area contributed by atoms with Crippen LogP contribution in [-0.4, -0.2) is 33.3 Å². The fraction of sp³-hybridized carbons (Fsp3) is 0.364. The maximum atomic E-state index is 14.0. The number of halogens is 1. The third kappa shape index (κ3) is 7.81. The van der Waals surface area contributed by atoms with E-state index >= 15 is 0 Å². The van der Waals surface area contributed by atoms with Crippen molar-refractivity contribution in [3.63, 3.8) is 0 Å². The first-order valence-corrected chi connectivity index (χ1v) is 8.77. The van der Waals surface area contributed by atoms with E-state index in [0.717, 1.165) is 30.9 Å². The number of anilines is 2. The molecule has 0 radical (unpaired) electrons. The lowest BCUT2D eigenvalue weighted by Gasteiger charge is -2.32. The second-order valence-corrected chi connectivity index (χ2v) is 5.66. The first kappa shape index (κ1) is 24.6. The minimum absolute atomic E-state index is 0. The van der Waals surface area contributed by atoms with E-state index in [1.165, 1.54) is 19.2 Å². The van der Waals surface area contributed by atoms with Crippen LogP contribution in [0.1, 0.15) is 20.8 Å². The SMILES string of the molecule is C.C=CC(CCNC)N(c1ccccc1)c1cc(F)cc(OC)c1.CCN. The predicted octanol–water partition coefficient (Wildman–Crippen LogP) is 4.74. The molecule has 4 nitrogen and oxygen atoms in total. The van der Waals surface area contributed by atoms with Crippen molar-refractivity contribution in [2.75, 3.05) is 32.1 Å². The molecule has 0 spiro atoms. The van der Waals surface area contributed by atoms with Gasteiger partial charge < -0.3 is 20.7 Å². The minimum Gasteiger partial charge on any atom is -0.497 e. The van der Waals surface area contributed by atoms with Crippen molar-refractivity contribution in [1.82, 2.24) is 5.32 Å². The average molecular weight is 376 g/mol. The van der Waals surface area contributed by atoms with Gasteiger partial charge in [-0.2, -0.15) is 0 Å². The fourth-order valence-corrected chi connectivity index (χ4v) is 2.57. The Morgan fingerprint density at radius 3 is 2.37 bits per heavy atom. The van der Waals surface area contributed by atoms with E-state index in [1.54, 1.807) is 0 Å². The van der Waals surface area contributed by atoms with Gasteiger partial charge in [0.25, 0.3) is 0 Å². The summed E-state index contributed by atoms with van der Waals surface area (Å²) < 4.78 is 19.2. The average Bonchev–Trinajstić information content (AvgIpc) is 2.65. The summed E-state index contributed by atoms with van der Waals surface area (Å²) in [5.41, 5.74) is 6.58. The van der Waals surface area contributed by atoms with Gasteiger partial charge in [0.2, 0.25) is 0 Å². The van der Waals surface area contributed by atoms with Crippen LogP contribution in [0.2, 0.25) is 0 Å². The van der Waals surface area contributed by atoms with Gasteiger partial charge in [0.15, 0.2) is 0 Å². The van der Waals surface area contributed by atoms with Crippen LogP contribution in [0.3, 0.4) is 0 Å². The van der Waals surface area contributed by atoms with Crippen LogP contribution < -0.4 is 20.7 Å². The highest BCUT2D eigenvalue weighted by Crippen LogP contribution is 2.32. The molecule has 0 saturated carbocycles. The maximum Gasteiger partial charge on any atom is 0.128 e. The molecule has 150 valence electrons. The Labute approximate surface area is 163 Å². The van der Waals surface area contributed by atoms with Crippen molar-refractivity contribution in [3.05, 3.63) is 67.0 Å². The van der Waals surface area contributed by atoms with E-state index in [4.69, 9.17) is 10.5 Å². The normalized spacial score (nSPS) is 10.7. The standard InChI is InChI=1S/C19H23FN2O.C2H7N.CH4/c1-4-16(10-11-21-2)22(17-8-6-5-7-9-17)18-12-15(20)13-19(14-18)23-3;1-2-3;/h4-9,12-14,16,21H,1,10-11H2,2-3H3;2-3H2,1H3;1H4. The van der Waals surface area contributed by atoms with Crippen LogP contribution in [-0.2, 0) is 0 Å². The predicted molar refractivity (Wildman–Crippen MR) is 116 cm³/mol. The van der Waals surface area contributed by atoms with Gasteiger partial charge in [-0.15, -0.1) is 6.58 Å². The topological polar surface area (TPSA) is 50.5 Å². The third-order valence-corrected chi connectivity index (χ3v) is 3.70. The van der Waals surface area contributed by atoms with Crippen LogP contribution in [0.25, 0.3) is 0 Å². The number of nitrogens with zero attached hydrogens (tertiary/aromatic N) is 1. The Kier molecular flexibility index (Phi) is 12.6. The minimum atomic E-state index is -0.322. The lowest BCUT2D eigenvalue weighted by molar-refractivity contribution is 0.411. The molecule has 0 saturated heterocycles. The van der Waals surface area contributed by atoms with E-state index in [-0.39, 0.29) is 19.3 Å². The van der Waals surface area contributed by atoms with Crippen LogP contribution in [0, 0.1) is 5.82 Å². The number of ether oxygens (including phenoxy) is 1. The summed E-state index contributed by atoms with van der Waals surface area (Å²) in [6, 6.07) is 14.7. The van der Waals surface area contributed by atoms with Crippen molar-refractivity contribution in [2.24, 2.45) is 5.73 Å². The Bertz CT molecular complexity index is 649. The highest BCUT2D eigenvalue weighted by atomic mass is 19.1. The molecule has 0 amide bonds. The fourth-order valence-electron chi connectivity index (χ4n) is 2.57. The first-order valence-electron chi connectivity index (χ1n) is 8.77. The molecule has 2 aromatic rings. The molecular formula is C22H34FN3O. The van der Waals surface area contributed by atoms with Gasteiger partial charge >= 0.3 is 0 Å². The van der Waals surface area contributed by atoms with Gasteiger partial charge in [0.05, 0.1) is 13.2 Å². The van der Waals surface area contributed by atoms with Gasteiger partial charge in [0.1, 0.15) is 11.6 Å². The van der Waals surface area contributed by atoms with Gasteiger partial charge in [-0.05, 0) is 44.8 Å². The molecule has 0 aliphatic carbocycles. The lowest BCUT2D eigenvalue weighted by atomic mass is 10.1. The molecule has 0 heterocycles. The van der Waals surface area contributed by atoms with E-state index in [0.29, 0.717) is 5.75 Å². The molecule has 1 unspecified atom stereocenters. The third-order valence-electron chi connectivity index (χ3n) is 3.70. The largest absolute Gasteiger partial charge is 0.497 e. The molecule has 0 fully saturated rings. The molecule has 27 heavy (non-hydrogen) atoms. The lowest BCUT2D eigenvalue weighted by Crippen LogP contribution is -2.32. The van der Waals surface area contributed by atoms with Gasteiger partial charge in [0, 0.05) is 23.5 Å². The van der Waals surface area contributed by atoms with Crippen molar-refractivity contribution < 1.29 is 9.13 Å². The number of nitrogens with one attached hydrogen (secondary N) is 1. The number of hydrogen-bond donors (Lipinski definition) is 2. The molecule has 5 heteroatoms. The van der Waals surface area contributed by atoms with Gasteiger partial charge in [-0.25, -0.2) is 4.39 Å². The Hall–Kier alpha value is -2.37.